The molecule has 0 unspecified atom stereocenters. The minimum Gasteiger partial charge on any atom is -0.456 e. The van der Waals surface area contributed by atoms with Crippen LogP contribution in [0.2, 0.25) is 0 Å². The molecule has 0 N–H and O–H groups in total. The molecule has 4 aliphatic rings. The van der Waals surface area contributed by atoms with Gasteiger partial charge in [-0.3, -0.25) is 4.90 Å². The van der Waals surface area contributed by atoms with Crippen molar-refractivity contribution >= 4 is 97.0 Å². The van der Waals surface area contributed by atoms with E-state index in [0.717, 1.165) is 28.7 Å². The van der Waals surface area contributed by atoms with E-state index in [1.165, 1.54) is 70.1 Å². The zero-order valence-electron chi connectivity index (χ0n) is 25.6. The van der Waals surface area contributed by atoms with E-state index in [0.29, 0.717) is 0 Å². The van der Waals surface area contributed by atoms with Gasteiger partial charge in [-0.25, -0.2) is 4.98 Å². The van der Waals surface area contributed by atoms with Crippen molar-refractivity contribution in [2.45, 2.75) is 9.79 Å². The van der Waals surface area contributed by atoms with Crippen molar-refractivity contribution in [3.05, 3.63) is 140 Å². The Labute approximate surface area is 281 Å². The van der Waals surface area contributed by atoms with Gasteiger partial charge in [0.25, 0.3) is 6.71 Å². The molecular formula is C41H23B2N3OS. The Morgan fingerprint density at radius 3 is 2.04 bits per heavy atom. The Bertz CT molecular complexity index is 2530. The monoisotopic (exact) mass is 627 g/mol. The Morgan fingerprint density at radius 2 is 1.27 bits per heavy atom. The minimum atomic E-state index is 0.0234. The van der Waals surface area contributed by atoms with Gasteiger partial charge in [0.2, 0.25) is 6.71 Å². The van der Waals surface area contributed by atoms with Crippen LogP contribution in [0, 0.1) is 0 Å². The van der Waals surface area contributed by atoms with Crippen LogP contribution in [0.5, 0.6) is 11.5 Å². The summed E-state index contributed by atoms with van der Waals surface area (Å²) in [7, 11) is 0. The van der Waals surface area contributed by atoms with Crippen molar-refractivity contribution < 1.29 is 4.74 Å². The summed E-state index contributed by atoms with van der Waals surface area (Å²) in [6.07, 6.45) is 1.88. The first-order valence-corrected chi connectivity index (χ1v) is 17.3. The summed E-state index contributed by atoms with van der Waals surface area (Å²) in [5, 5.41) is 2.63. The van der Waals surface area contributed by atoms with Crippen LogP contribution >= 0.6 is 11.8 Å². The van der Waals surface area contributed by atoms with Crippen molar-refractivity contribution in [2.24, 2.45) is 0 Å². The molecule has 0 aliphatic carbocycles. The Hall–Kier alpha value is -5.65. The number of anilines is 3. The zero-order valence-corrected chi connectivity index (χ0v) is 26.4. The van der Waals surface area contributed by atoms with Gasteiger partial charge in [0.1, 0.15) is 23.0 Å². The van der Waals surface area contributed by atoms with Crippen LogP contribution in [0.4, 0.5) is 17.2 Å². The summed E-state index contributed by atoms with van der Waals surface area (Å²) in [4.78, 5) is 9.80. The van der Waals surface area contributed by atoms with Crippen molar-refractivity contribution in [1.29, 1.82) is 0 Å². The average Bonchev–Trinajstić information content (AvgIpc) is 3.49. The van der Waals surface area contributed by atoms with Crippen LogP contribution in [0.25, 0.3) is 27.5 Å². The molecular weight excluding hydrogens is 604 g/mol. The first-order valence-electron chi connectivity index (χ1n) is 16.5. The average molecular weight is 627 g/mol. The molecule has 0 radical (unpaired) electrons. The molecule has 4 aliphatic heterocycles. The summed E-state index contributed by atoms with van der Waals surface area (Å²) in [6.45, 7) is 0.105. The van der Waals surface area contributed by atoms with Crippen molar-refractivity contribution in [3.8, 4) is 17.2 Å². The van der Waals surface area contributed by atoms with Gasteiger partial charge >= 0.3 is 0 Å². The van der Waals surface area contributed by atoms with Gasteiger partial charge in [-0.2, -0.15) is 0 Å². The van der Waals surface area contributed by atoms with Crippen LogP contribution in [-0.2, 0) is 0 Å². The Morgan fingerprint density at radius 1 is 0.604 bits per heavy atom. The van der Waals surface area contributed by atoms with E-state index in [1.54, 1.807) is 0 Å². The number of nitrogens with zero attached hydrogens (tertiary/aromatic N) is 3. The molecule has 6 aromatic carbocycles. The lowest BCUT2D eigenvalue weighted by Gasteiger charge is -2.43. The maximum atomic E-state index is 7.25. The van der Waals surface area contributed by atoms with Gasteiger partial charge in [-0.1, -0.05) is 114 Å². The summed E-state index contributed by atoms with van der Waals surface area (Å²) in [5.74, 6) is 2.68. The molecule has 48 heavy (non-hydrogen) atoms. The molecule has 0 saturated heterocycles. The van der Waals surface area contributed by atoms with Crippen molar-refractivity contribution in [1.82, 2.24) is 9.55 Å². The van der Waals surface area contributed by atoms with E-state index in [9.17, 15) is 0 Å². The summed E-state index contributed by atoms with van der Waals surface area (Å²) >= 11 is 1.87. The molecule has 4 nitrogen and oxygen atoms in total. The van der Waals surface area contributed by atoms with Crippen LogP contribution in [0.15, 0.2) is 149 Å². The SMILES string of the molecule is c1ccc(N(c2ccccn2)c2c3c4c5c6c2Sc2ccccc2B6c2cccc6c7cccc(c7n-5c26)B4c2ccccc2O3)cc1. The third-order valence-electron chi connectivity index (χ3n) is 10.7. The second-order valence-electron chi connectivity index (χ2n) is 13.0. The minimum absolute atomic E-state index is 0.0234. The molecule has 0 bridgehead atoms. The van der Waals surface area contributed by atoms with Gasteiger partial charge in [0.05, 0.1) is 0 Å². The van der Waals surface area contributed by atoms with E-state index < -0.39 is 0 Å². The number of hydrogen-bond donors (Lipinski definition) is 0. The van der Waals surface area contributed by atoms with E-state index in [4.69, 9.17) is 9.72 Å². The summed E-state index contributed by atoms with van der Waals surface area (Å²) in [5.41, 5.74) is 13.9. The van der Waals surface area contributed by atoms with Gasteiger partial charge in [0, 0.05) is 49.2 Å². The Kier molecular flexibility index (Phi) is 4.79. The lowest BCUT2D eigenvalue weighted by molar-refractivity contribution is 0.487. The number of pyridine rings is 1. The van der Waals surface area contributed by atoms with Crippen molar-refractivity contribution in [3.63, 3.8) is 0 Å². The number of fused-ring (bicyclic) bond motifs is 7. The molecule has 2 aromatic heterocycles. The van der Waals surface area contributed by atoms with Gasteiger partial charge < -0.3 is 9.30 Å². The first kappa shape index (κ1) is 25.4. The highest BCUT2D eigenvalue weighted by Gasteiger charge is 2.50. The highest BCUT2D eigenvalue weighted by atomic mass is 32.2. The number of benzene rings is 6. The zero-order chi connectivity index (χ0) is 31.1. The standard InChI is InChI=1S/C41H23B2N3OS/c1-2-12-24(13-3-1)45(33-22-8-9-23-44-33)39-40-34-38-35-41(39)48-32-21-7-5-17-28(32)43(35)30-19-11-15-26-25-14-10-18-29(36(25)46(38)37(26)30)42(34)27-16-4-6-20-31(27)47-40/h1-23H. The highest BCUT2D eigenvalue weighted by molar-refractivity contribution is 8.00. The second-order valence-corrected chi connectivity index (χ2v) is 14.1. The molecule has 0 spiro atoms. The fourth-order valence-electron chi connectivity index (χ4n) is 9.00. The quantitative estimate of drug-likeness (QED) is 0.229. The smallest absolute Gasteiger partial charge is 0.256 e. The molecule has 8 aromatic rings. The number of ether oxygens (including phenoxy) is 1. The van der Waals surface area contributed by atoms with Gasteiger partial charge in [-0.15, -0.1) is 0 Å². The fraction of sp³-hybridized carbons (Fsp3) is 0. The molecule has 0 atom stereocenters. The molecule has 0 amide bonds. The van der Waals surface area contributed by atoms with Crippen LogP contribution in [0.3, 0.4) is 0 Å². The van der Waals surface area contributed by atoms with Crippen molar-refractivity contribution in [2.75, 3.05) is 4.90 Å². The number of para-hydroxylation sites is 4. The van der Waals surface area contributed by atoms with E-state index >= 15 is 0 Å². The van der Waals surface area contributed by atoms with Gasteiger partial charge in [0.15, 0.2) is 0 Å². The first-order chi connectivity index (χ1) is 23.9. The predicted molar refractivity (Wildman–Crippen MR) is 200 cm³/mol. The lowest BCUT2D eigenvalue weighted by Crippen LogP contribution is -2.65. The maximum Gasteiger partial charge on any atom is 0.256 e. The van der Waals surface area contributed by atoms with E-state index in [2.05, 4.69) is 137 Å². The van der Waals surface area contributed by atoms with E-state index in [1.807, 2.05) is 24.0 Å². The third-order valence-corrected chi connectivity index (χ3v) is 11.9. The summed E-state index contributed by atoms with van der Waals surface area (Å²) < 4.78 is 9.85. The largest absolute Gasteiger partial charge is 0.456 e. The van der Waals surface area contributed by atoms with Crippen LogP contribution in [-0.4, -0.2) is 23.0 Å². The molecule has 12 rings (SSSR count). The second kappa shape index (κ2) is 9.03. The highest BCUT2D eigenvalue weighted by Crippen LogP contribution is 2.52. The molecule has 7 heteroatoms. The number of aromatic nitrogens is 2. The molecule has 220 valence electrons. The topological polar surface area (TPSA) is 30.3 Å². The maximum absolute atomic E-state index is 7.25. The molecule has 0 fully saturated rings. The summed E-state index contributed by atoms with van der Waals surface area (Å²) in [6, 6.07) is 48.3. The van der Waals surface area contributed by atoms with Crippen LogP contribution in [0.1, 0.15) is 0 Å². The predicted octanol–water partition coefficient (Wildman–Crippen LogP) is 5.88. The van der Waals surface area contributed by atoms with Crippen LogP contribution < -0.4 is 42.4 Å². The normalized spacial score (nSPS) is 13.8. The fourth-order valence-corrected chi connectivity index (χ4v) is 10.3. The van der Waals surface area contributed by atoms with Gasteiger partial charge in [-0.05, 0) is 63.7 Å². The molecule has 6 heterocycles. The number of rotatable bonds is 3. The van der Waals surface area contributed by atoms with E-state index in [-0.39, 0.29) is 13.4 Å². The third kappa shape index (κ3) is 3.00. The lowest BCUT2D eigenvalue weighted by atomic mass is 9.30. The Balaban J connectivity index is 1.34. The number of hydrogen-bond acceptors (Lipinski definition) is 4. The molecule has 0 saturated carbocycles.